The highest BCUT2D eigenvalue weighted by Gasteiger charge is 2.03. The molecule has 17 heavy (non-hydrogen) atoms. The van der Waals surface area contributed by atoms with Gasteiger partial charge in [-0.25, -0.2) is 4.98 Å². The van der Waals surface area contributed by atoms with Crippen LogP contribution in [0, 0.1) is 6.92 Å². The Labute approximate surface area is 106 Å². The average Bonchev–Trinajstić information content (AvgIpc) is 2.33. The number of hydrogen-bond acceptors (Lipinski definition) is 2. The van der Waals surface area contributed by atoms with Crippen LogP contribution in [0.2, 0.25) is 5.15 Å². The lowest BCUT2D eigenvalue weighted by Gasteiger charge is -2.05. The molecular formula is C14H13ClN2. The van der Waals surface area contributed by atoms with E-state index < -0.39 is 0 Å². The molecule has 0 atom stereocenters. The van der Waals surface area contributed by atoms with E-state index in [-0.39, 0.29) is 0 Å². The van der Waals surface area contributed by atoms with Crippen LogP contribution in [0.25, 0.3) is 17.0 Å². The zero-order valence-corrected chi connectivity index (χ0v) is 10.6. The minimum atomic E-state index is 0.525. The molecule has 0 radical (unpaired) electrons. The van der Waals surface area contributed by atoms with Crippen LogP contribution < -0.4 is 0 Å². The molecule has 2 rings (SSSR count). The molecule has 0 aliphatic heterocycles. The van der Waals surface area contributed by atoms with Crippen LogP contribution >= 0.6 is 11.6 Å². The molecule has 0 bridgehead atoms. The van der Waals surface area contributed by atoms with E-state index in [1.54, 1.807) is 13.3 Å². The zero-order chi connectivity index (χ0) is 12.3. The molecule has 0 N–H and O–H groups in total. The molecule has 0 saturated heterocycles. The standard InChI is InChI=1S/C14H13ClN2/c1-10-11(4-3-9-16-2)5-6-12-7-8-13(15)17-14(10)12/h3-9H,1-2H3/b4-3-,16-9?. The molecular weight excluding hydrogens is 232 g/mol. The summed E-state index contributed by atoms with van der Waals surface area (Å²) < 4.78 is 0. The van der Waals surface area contributed by atoms with E-state index in [4.69, 9.17) is 11.6 Å². The van der Waals surface area contributed by atoms with E-state index in [2.05, 4.69) is 29.0 Å². The molecule has 1 aromatic heterocycles. The predicted octanol–water partition coefficient (Wildman–Crippen LogP) is 3.91. The van der Waals surface area contributed by atoms with Gasteiger partial charge < -0.3 is 0 Å². The minimum absolute atomic E-state index is 0.525. The number of halogens is 1. The topological polar surface area (TPSA) is 25.2 Å². The van der Waals surface area contributed by atoms with E-state index in [0.717, 1.165) is 22.0 Å². The summed E-state index contributed by atoms with van der Waals surface area (Å²) in [7, 11) is 1.75. The van der Waals surface area contributed by atoms with E-state index in [0.29, 0.717) is 5.15 Å². The molecule has 2 nitrogen and oxygen atoms in total. The molecule has 1 heterocycles. The van der Waals surface area contributed by atoms with Crippen molar-refractivity contribution in [3.63, 3.8) is 0 Å². The van der Waals surface area contributed by atoms with Gasteiger partial charge in [0.05, 0.1) is 5.52 Å². The highest BCUT2D eigenvalue weighted by molar-refractivity contribution is 6.29. The monoisotopic (exact) mass is 244 g/mol. The maximum Gasteiger partial charge on any atom is 0.129 e. The van der Waals surface area contributed by atoms with Crippen molar-refractivity contribution >= 4 is 34.8 Å². The second kappa shape index (κ2) is 5.11. The van der Waals surface area contributed by atoms with Crippen molar-refractivity contribution in [1.29, 1.82) is 0 Å². The molecule has 0 unspecified atom stereocenters. The third kappa shape index (κ3) is 2.53. The second-order valence-corrected chi connectivity index (χ2v) is 4.14. The van der Waals surface area contributed by atoms with Gasteiger partial charge in [0, 0.05) is 18.6 Å². The Bertz CT molecular complexity index is 600. The quantitative estimate of drug-likeness (QED) is 0.581. The van der Waals surface area contributed by atoms with Gasteiger partial charge in [-0.15, -0.1) is 0 Å². The Kier molecular flexibility index (Phi) is 3.55. The average molecular weight is 245 g/mol. The number of allylic oxidation sites excluding steroid dienone is 1. The fourth-order valence-electron chi connectivity index (χ4n) is 1.74. The van der Waals surface area contributed by atoms with Crippen molar-refractivity contribution in [2.75, 3.05) is 7.05 Å². The highest BCUT2D eigenvalue weighted by atomic mass is 35.5. The van der Waals surface area contributed by atoms with Crippen molar-refractivity contribution in [2.45, 2.75) is 6.92 Å². The minimum Gasteiger partial charge on any atom is -0.297 e. The van der Waals surface area contributed by atoms with Gasteiger partial charge in [-0.3, -0.25) is 4.99 Å². The summed E-state index contributed by atoms with van der Waals surface area (Å²) in [4.78, 5) is 8.27. The number of aryl methyl sites for hydroxylation is 1. The van der Waals surface area contributed by atoms with Crippen LogP contribution in [0.15, 0.2) is 35.3 Å². The number of hydrogen-bond donors (Lipinski definition) is 0. The van der Waals surface area contributed by atoms with Gasteiger partial charge in [-0.1, -0.05) is 29.8 Å². The largest absolute Gasteiger partial charge is 0.297 e. The Morgan fingerprint density at radius 2 is 2.00 bits per heavy atom. The number of aromatic nitrogens is 1. The maximum absolute atomic E-state index is 5.92. The summed E-state index contributed by atoms with van der Waals surface area (Å²) >= 11 is 5.92. The van der Waals surface area contributed by atoms with Crippen LogP contribution in [-0.4, -0.2) is 18.2 Å². The van der Waals surface area contributed by atoms with Gasteiger partial charge in [0.25, 0.3) is 0 Å². The lowest BCUT2D eigenvalue weighted by Crippen LogP contribution is -1.87. The lowest BCUT2D eigenvalue weighted by atomic mass is 10.0. The fraction of sp³-hybridized carbons (Fsp3) is 0.143. The molecule has 0 fully saturated rings. The van der Waals surface area contributed by atoms with Crippen LogP contribution in [-0.2, 0) is 0 Å². The molecule has 0 aliphatic carbocycles. The maximum atomic E-state index is 5.92. The molecule has 0 amide bonds. The summed E-state index contributed by atoms with van der Waals surface area (Å²) in [5.74, 6) is 0. The Hall–Kier alpha value is -1.67. The third-order valence-electron chi connectivity index (χ3n) is 2.63. The number of pyridine rings is 1. The van der Waals surface area contributed by atoms with Crippen LogP contribution in [0.1, 0.15) is 11.1 Å². The van der Waals surface area contributed by atoms with E-state index in [1.807, 2.05) is 24.3 Å². The number of fused-ring (bicyclic) bond motifs is 1. The van der Waals surface area contributed by atoms with E-state index in [1.165, 1.54) is 0 Å². The van der Waals surface area contributed by atoms with Gasteiger partial charge in [0.1, 0.15) is 5.15 Å². The summed E-state index contributed by atoms with van der Waals surface area (Å²) in [5.41, 5.74) is 3.21. The molecule has 0 aliphatic rings. The Morgan fingerprint density at radius 1 is 1.24 bits per heavy atom. The highest BCUT2D eigenvalue weighted by Crippen LogP contribution is 2.22. The van der Waals surface area contributed by atoms with Gasteiger partial charge >= 0.3 is 0 Å². The predicted molar refractivity (Wildman–Crippen MR) is 74.9 cm³/mol. The fourth-order valence-corrected chi connectivity index (χ4v) is 1.88. The Morgan fingerprint density at radius 3 is 2.76 bits per heavy atom. The summed E-state index contributed by atoms with van der Waals surface area (Å²) in [5, 5.41) is 1.63. The normalized spacial score (nSPS) is 11.9. The SMILES string of the molecule is CN=C/C=C\c1ccc2ccc(Cl)nc2c1C. The van der Waals surface area contributed by atoms with Crippen LogP contribution in [0.5, 0.6) is 0 Å². The first-order valence-corrected chi connectivity index (χ1v) is 5.75. The number of nitrogens with zero attached hydrogens (tertiary/aromatic N) is 2. The van der Waals surface area contributed by atoms with Crippen LogP contribution in [0.3, 0.4) is 0 Å². The van der Waals surface area contributed by atoms with Crippen molar-refractivity contribution in [2.24, 2.45) is 4.99 Å². The Balaban J connectivity index is 2.56. The number of benzene rings is 1. The van der Waals surface area contributed by atoms with Crippen molar-refractivity contribution in [3.05, 3.63) is 46.6 Å². The van der Waals surface area contributed by atoms with Crippen molar-refractivity contribution in [1.82, 2.24) is 4.98 Å². The second-order valence-electron chi connectivity index (χ2n) is 3.75. The lowest BCUT2D eigenvalue weighted by molar-refractivity contribution is 1.36. The van der Waals surface area contributed by atoms with Crippen LogP contribution in [0.4, 0.5) is 0 Å². The molecule has 86 valence electrons. The first kappa shape index (κ1) is 11.8. The first-order valence-electron chi connectivity index (χ1n) is 5.37. The van der Waals surface area contributed by atoms with Gasteiger partial charge in [0.2, 0.25) is 0 Å². The first-order chi connectivity index (χ1) is 8.22. The number of rotatable bonds is 2. The van der Waals surface area contributed by atoms with Gasteiger partial charge in [0.15, 0.2) is 0 Å². The summed E-state index contributed by atoms with van der Waals surface area (Å²) in [6.45, 7) is 2.05. The molecule has 0 spiro atoms. The number of aliphatic imine (C=N–C) groups is 1. The smallest absolute Gasteiger partial charge is 0.129 e. The van der Waals surface area contributed by atoms with Gasteiger partial charge in [-0.2, -0.15) is 0 Å². The van der Waals surface area contributed by atoms with Gasteiger partial charge in [-0.05, 0) is 36.3 Å². The molecule has 3 heteroatoms. The van der Waals surface area contributed by atoms with Crippen molar-refractivity contribution in [3.8, 4) is 0 Å². The van der Waals surface area contributed by atoms with E-state index in [9.17, 15) is 0 Å². The zero-order valence-electron chi connectivity index (χ0n) is 9.81. The summed E-state index contributed by atoms with van der Waals surface area (Å²) in [6, 6.07) is 7.92. The third-order valence-corrected chi connectivity index (χ3v) is 2.84. The molecule has 0 saturated carbocycles. The van der Waals surface area contributed by atoms with E-state index >= 15 is 0 Å². The van der Waals surface area contributed by atoms with Crippen molar-refractivity contribution < 1.29 is 0 Å². The molecule has 1 aromatic carbocycles. The summed E-state index contributed by atoms with van der Waals surface area (Å²) in [6.07, 6.45) is 5.69. The molecule has 2 aromatic rings.